The number of aryl methyl sites for hydroxylation is 2. The van der Waals surface area contributed by atoms with Gasteiger partial charge >= 0.3 is 43.4 Å². The third-order valence-electron chi connectivity index (χ3n) is 4.97. The summed E-state index contributed by atoms with van der Waals surface area (Å²) in [5.41, 5.74) is 2.74. The molecule has 2 aliphatic carbocycles. The summed E-state index contributed by atoms with van der Waals surface area (Å²) < 4.78 is 0. The second-order valence-corrected chi connectivity index (χ2v) is 7.21. The molecule has 0 nitrogen and oxygen atoms in total. The molecule has 0 unspecified atom stereocenters. The summed E-state index contributed by atoms with van der Waals surface area (Å²) in [6, 6.07) is 25.5. The van der Waals surface area contributed by atoms with Crippen molar-refractivity contribution in [3.8, 4) is 0 Å². The fourth-order valence-electron chi connectivity index (χ4n) is 3.29. The molecule has 0 N–H and O–H groups in total. The summed E-state index contributed by atoms with van der Waals surface area (Å²) >= 11 is 0. The molecule has 0 saturated carbocycles. The summed E-state index contributed by atoms with van der Waals surface area (Å²) in [6.45, 7) is 4.28. The minimum Gasteiger partial charge on any atom is -1.00 e. The Kier molecular flexibility index (Phi) is 20.3. The van der Waals surface area contributed by atoms with Crippen LogP contribution in [0.1, 0.15) is 24.0 Å². The first kappa shape index (κ1) is 34.8. The Labute approximate surface area is 247 Å². The van der Waals surface area contributed by atoms with Crippen molar-refractivity contribution in [2.45, 2.75) is 26.7 Å². The van der Waals surface area contributed by atoms with E-state index in [1.54, 1.807) is 0 Å². The van der Waals surface area contributed by atoms with Crippen LogP contribution in [0, 0.1) is 26.0 Å². The minimum atomic E-state index is 0. The van der Waals surface area contributed by atoms with Crippen LogP contribution in [0.4, 0.5) is 0 Å². The molecule has 0 atom stereocenters. The Morgan fingerprint density at radius 1 is 0.618 bits per heavy atom. The number of halogens is 2. The van der Waals surface area contributed by atoms with E-state index >= 15 is 0 Å². The predicted octanol–water partition coefficient (Wildman–Crippen LogP) is 2.35. The summed E-state index contributed by atoms with van der Waals surface area (Å²) in [7, 11) is 0. The van der Waals surface area contributed by atoms with Crippen LogP contribution in [-0.4, -0.2) is 0 Å². The zero-order valence-electron chi connectivity index (χ0n) is 19.6. The molecule has 172 valence electrons. The van der Waals surface area contributed by atoms with Crippen molar-refractivity contribution in [2.24, 2.45) is 0 Å². The molecule has 0 saturated heterocycles. The molecule has 0 aliphatic heterocycles. The van der Waals surface area contributed by atoms with Gasteiger partial charge in [-0.15, -0.1) is 82.9 Å². The summed E-state index contributed by atoms with van der Waals surface area (Å²) in [5, 5.41) is 5.45. The molecule has 2 aliphatic rings. The second-order valence-electron chi connectivity index (χ2n) is 7.21. The van der Waals surface area contributed by atoms with E-state index in [9.17, 15) is 0 Å². The van der Waals surface area contributed by atoms with E-state index in [0.717, 1.165) is 12.8 Å². The SMILES string of the molecule is Cc1c[cH-]c2ccccc12.Cc1c[cH-]c2ccccc12.[C-]1=CC=CC1.[C-]1=CC=CC1.[Cl-].[Cl-].[Ti+2].[Ti+2]. The third-order valence-corrected chi connectivity index (χ3v) is 4.97. The van der Waals surface area contributed by atoms with Gasteiger partial charge in [-0.3, -0.25) is 12.2 Å². The van der Waals surface area contributed by atoms with E-state index in [1.165, 1.54) is 32.7 Å². The van der Waals surface area contributed by atoms with Gasteiger partial charge in [-0.1, -0.05) is 26.0 Å². The van der Waals surface area contributed by atoms with E-state index in [2.05, 4.69) is 111 Å². The molecule has 34 heavy (non-hydrogen) atoms. The van der Waals surface area contributed by atoms with Crippen LogP contribution in [0.3, 0.4) is 0 Å². The van der Waals surface area contributed by atoms with Crippen molar-refractivity contribution in [3.63, 3.8) is 0 Å². The number of hydrogen-bond donors (Lipinski definition) is 0. The fourth-order valence-corrected chi connectivity index (χ4v) is 3.29. The van der Waals surface area contributed by atoms with Gasteiger partial charge in [-0.05, 0) is 0 Å². The van der Waals surface area contributed by atoms with Crippen molar-refractivity contribution in [1.29, 1.82) is 0 Å². The van der Waals surface area contributed by atoms with Gasteiger partial charge in [0.25, 0.3) is 0 Å². The molecule has 0 spiro atoms. The Bertz CT molecular complexity index is 1060. The zero-order chi connectivity index (χ0) is 21.0. The zero-order valence-corrected chi connectivity index (χ0v) is 24.2. The van der Waals surface area contributed by atoms with Crippen LogP contribution in [0.2, 0.25) is 0 Å². The maximum atomic E-state index is 2.99. The van der Waals surface area contributed by atoms with E-state index in [1.807, 2.05) is 24.3 Å². The van der Waals surface area contributed by atoms with Gasteiger partial charge in [-0.25, -0.2) is 24.3 Å². The summed E-state index contributed by atoms with van der Waals surface area (Å²) in [6.07, 6.45) is 20.0. The molecule has 4 heteroatoms. The quantitative estimate of drug-likeness (QED) is 0.231. The molecule has 6 rings (SSSR count). The Morgan fingerprint density at radius 3 is 1.26 bits per heavy atom. The standard InChI is InChI=1S/2C10H9.2C5H5.2ClH.2Ti/c2*1-8-6-7-9-4-2-3-5-10(8)9;2*1-2-4-5-3-1;;;;/h2*2-7H,1H3;2*1-3H,4H2;2*1H;;/q4*-1;;;2*+2/p-2. The van der Waals surface area contributed by atoms with Crippen molar-refractivity contribution in [1.82, 2.24) is 0 Å². The van der Waals surface area contributed by atoms with Crippen LogP contribution in [0.5, 0.6) is 0 Å². The average molecular weight is 555 g/mol. The fraction of sp³-hybridized carbons (Fsp3) is 0.133. The van der Waals surface area contributed by atoms with E-state index in [-0.39, 0.29) is 68.2 Å². The topological polar surface area (TPSA) is 0 Å². The molecular weight excluding hydrogens is 527 g/mol. The second kappa shape index (κ2) is 19.9. The predicted molar refractivity (Wildman–Crippen MR) is 132 cm³/mol. The van der Waals surface area contributed by atoms with Gasteiger partial charge in [0.15, 0.2) is 0 Å². The van der Waals surface area contributed by atoms with Gasteiger partial charge in [-0.2, -0.15) is 35.4 Å². The minimum absolute atomic E-state index is 0. The monoisotopic (exact) mass is 554 g/mol. The molecule has 0 fully saturated rings. The Morgan fingerprint density at radius 2 is 1.00 bits per heavy atom. The maximum Gasteiger partial charge on any atom is 2.00 e. The molecule has 0 amide bonds. The van der Waals surface area contributed by atoms with Gasteiger partial charge in [0, 0.05) is 0 Å². The van der Waals surface area contributed by atoms with E-state index in [4.69, 9.17) is 0 Å². The molecule has 0 aromatic heterocycles. The van der Waals surface area contributed by atoms with Crippen LogP contribution < -0.4 is 24.8 Å². The van der Waals surface area contributed by atoms with Crippen molar-refractivity contribution >= 4 is 21.5 Å². The van der Waals surface area contributed by atoms with E-state index in [0.29, 0.717) is 0 Å². The summed E-state index contributed by atoms with van der Waals surface area (Å²) in [4.78, 5) is 0. The molecule has 0 bridgehead atoms. The number of hydrogen-bond acceptors (Lipinski definition) is 0. The smallest absolute Gasteiger partial charge is 1.00 e. The van der Waals surface area contributed by atoms with E-state index < -0.39 is 0 Å². The largest absolute Gasteiger partial charge is 2.00 e. The number of benzene rings is 2. The van der Waals surface area contributed by atoms with Crippen molar-refractivity contribution < 1.29 is 68.2 Å². The van der Waals surface area contributed by atoms with Crippen molar-refractivity contribution in [2.75, 3.05) is 0 Å². The van der Waals surface area contributed by atoms with Crippen molar-refractivity contribution in [3.05, 3.63) is 133 Å². The molecule has 0 radical (unpaired) electrons. The Hall–Kier alpha value is -1.37. The number of allylic oxidation sites excluding steroid dienone is 8. The average Bonchev–Trinajstić information content (AvgIpc) is 3.60. The maximum absolute atomic E-state index is 2.99. The normalized spacial score (nSPS) is 11.4. The molecule has 0 heterocycles. The molecular formula is C30H28Cl2Ti2-2. The molecule has 4 aromatic rings. The first-order chi connectivity index (χ1) is 14.8. The van der Waals surface area contributed by atoms with Crippen LogP contribution in [-0.2, 0) is 43.4 Å². The van der Waals surface area contributed by atoms with Gasteiger partial charge < -0.3 is 24.8 Å². The third kappa shape index (κ3) is 11.4. The van der Waals surface area contributed by atoms with Crippen LogP contribution in [0.15, 0.2) is 109 Å². The van der Waals surface area contributed by atoms with Gasteiger partial charge in [0.05, 0.1) is 0 Å². The molecule has 4 aromatic carbocycles. The number of fused-ring (bicyclic) bond motifs is 2. The number of rotatable bonds is 0. The van der Waals surface area contributed by atoms with Crippen LogP contribution >= 0.6 is 0 Å². The van der Waals surface area contributed by atoms with Gasteiger partial charge in [0.2, 0.25) is 0 Å². The first-order valence-corrected chi connectivity index (χ1v) is 10.4. The Balaban J connectivity index is 0. The van der Waals surface area contributed by atoms with Gasteiger partial charge in [0.1, 0.15) is 0 Å². The first-order valence-electron chi connectivity index (χ1n) is 10.4. The summed E-state index contributed by atoms with van der Waals surface area (Å²) in [5.74, 6) is 0. The van der Waals surface area contributed by atoms with Crippen LogP contribution in [0.25, 0.3) is 21.5 Å².